The van der Waals surface area contributed by atoms with Gasteiger partial charge in [-0.25, -0.2) is 17.5 Å². The van der Waals surface area contributed by atoms with E-state index in [-0.39, 0.29) is 17.5 Å². The lowest BCUT2D eigenvalue weighted by atomic mass is 9.97. The number of sulfonamides is 1. The Labute approximate surface area is 127 Å². The molecule has 0 aliphatic heterocycles. The number of halogens is 2. The van der Waals surface area contributed by atoms with Crippen LogP contribution >= 0.6 is 11.6 Å². The van der Waals surface area contributed by atoms with Crippen LogP contribution in [-0.2, 0) is 14.8 Å². The molecule has 116 valence electrons. The van der Waals surface area contributed by atoms with Crippen LogP contribution in [0.15, 0.2) is 23.1 Å². The molecule has 1 aromatic rings. The zero-order chi connectivity index (χ0) is 15.6. The van der Waals surface area contributed by atoms with E-state index in [0.717, 1.165) is 18.6 Å². The van der Waals surface area contributed by atoms with Crippen molar-refractivity contribution in [2.24, 2.45) is 11.8 Å². The van der Waals surface area contributed by atoms with Crippen molar-refractivity contribution in [3.63, 3.8) is 0 Å². The smallest absolute Gasteiger partial charge is 0.306 e. The van der Waals surface area contributed by atoms with Gasteiger partial charge in [0.05, 0.1) is 5.92 Å². The summed E-state index contributed by atoms with van der Waals surface area (Å²) >= 11 is 5.58. The largest absolute Gasteiger partial charge is 0.481 e. The molecule has 0 saturated heterocycles. The second kappa shape index (κ2) is 6.29. The Morgan fingerprint density at radius 3 is 2.76 bits per heavy atom. The fourth-order valence-electron chi connectivity index (χ4n) is 2.59. The predicted molar refractivity (Wildman–Crippen MR) is 75.1 cm³/mol. The van der Waals surface area contributed by atoms with Crippen LogP contribution in [0.3, 0.4) is 0 Å². The minimum absolute atomic E-state index is 0.0125. The van der Waals surface area contributed by atoms with Gasteiger partial charge in [0.25, 0.3) is 0 Å². The van der Waals surface area contributed by atoms with Crippen molar-refractivity contribution in [1.82, 2.24) is 4.72 Å². The topological polar surface area (TPSA) is 83.5 Å². The highest BCUT2D eigenvalue weighted by Crippen LogP contribution is 2.31. The summed E-state index contributed by atoms with van der Waals surface area (Å²) in [4.78, 5) is 10.6. The molecule has 0 radical (unpaired) electrons. The Hall–Kier alpha value is -1.18. The van der Waals surface area contributed by atoms with Gasteiger partial charge in [-0.2, -0.15) is 0 Å². The average Bonchev–Trinajstić information content (AvgIpc) is 2.84. The number of hydrogen-bond acceptors (Lipinski definition) is 3. The van der Waals surface area contributed by atoms with E-state index in [9.17, 15) is 17.6 Å². The van der Waals surface area contributed by atoms with E-state index in [1.807, 2.05) is 0 Å². The molecule has 2 atom stereocenters. The van der Waals surface area contributed by atoms with E-state index >= 15 is 0 Å². The molecule has 5 nitrogen and oxygen atoms in total. The Morgan fingerprint density at radius 2 is 2.14 bits per heavy atom. The molecular weight excluding hydrogens is 321 g/mol. The third-order valence-electron chi connectivity index (χ3n) is 3.70. The summed E-state index contributed by atoms with van der Waals surface area (Å²) in [5, 5.41) is 9.16. The molecule has 1 aliphatic carbocycles. The van der Waals surface area contributed by atoms with Crippen molar-refractivity contribution in [3.05, 3.63) is 29.0 Å². The molecule has 1 aliphatic rings. The molecule has 2 rings (SSSR count). The standard InChI is InChI=1S/C13H15ClFNO4S/c14-9-4-5-12(11(15)6-9)21(19,20)16-7-8-2-1-3-10(8)13(17)18/h4-6,8,10,16H,1-3,7H2,(H,17,18). The molecule has 0 bridgehead atoms. The normalized spacial score (nSPS) is 22.4. The van der Waals surface area contributed by atoms with Crippen LogP contribution in [0.5, 0.6) is 0 Å². The van der Waals surface area contributed by atoms with Gasteiger partial charge in [-0.1, -0.05) is 18.0 Å². The van der Waals surface area contributed by atoms with Gasteiger partial charge in [-0.05, 0) is 37.0 Å². The van der Waals surface area contributed by atoms with Crippen molar-refractivity contribution in [3.8, 4) is 0 Å². The number of hydrogen-bond donors (Lipinski definition) is 2. The fraction of sp³-hybridized carbons (Fsp3) is 0.462. The summed E-state index contributed by atoms with van der Waals surface area (Å²) in [5.74, 6) is -2.68. The van der Waals surface area contributed by atoms with Crippen LogP contribution in [0.25, 0.3) is 0 Å². The molecule has 0 heterocycles. The lowest BCUT2D eigenvalue weighted by Crippen LogP contribution is -2.33. The molecule has 0 aromatic heterocycles. The first-order valence-electron chi connectivity index (χ1n) is 6.49. The first-order chi connectivity index (χ1) is 9.81. The van der Waals surface area contributed by atoms with Crippen LogP contribution < -0.4 is 4.72 Å². The molecule has 2 N–H and O–H groups in total. The Morgan fingerprint density at radius 1 is 1.43 bits per heavy atom. The molecule has 21 heavy (non-hydrogen) atoms. The lowest BCUT2D eigenvalue weighted by Gasteiger charge is -2.16. The van der Waals surface area contributed by atoms with Crippen molar-refractivity contribution in [2.45, 2.75) is 24.2 Å². The van der Waals surface area contributed by atoms with Gasteiger partial charge in [-0.15, -0.1) is 0 Å². The number of rotatable bonds is 5. The SMILES string of the molecule is O=C(O)C1CCCC1CNS(=O)(=O)c1ccc(Cl)cc1F. The zero-order valence-corrected chi connectivity index (χ0v) is 12.6. The summed E-state index contributed by atoms with van der Waals surface area (Å²) in [6.45, 7) is -0.0125. The number of benzene rings is 1. The van der Waals surface area contributed by atoms with Gasteiger partial charge in [-0.3, -0.25) is 4.79 Å². The highest BCUT2D eigenvalue weighted by atomic mass is 35.5. The van der Waals surface area contributed by atoms with Crippen LogP contribution in [0, 0.1) is 17.7 Å². The molecule has 1 saturated carbocycles. The fourth-order valence-corrected chi connectivity index (χ4v) is 3.90. The Balaban J connectivity index is 2.09. The number of aliphatic carboxylic acids is 1. The highest BCUT2D eigenvalue weighted by Gasteiger charge is 2.33. The highest BCUT2D eigenvalue weighted by molar-refractivity contribution is 7.89. The van der Waals surface area contributed by atoms with Crippen molar-refractivity contribution in [1.29, 1.82) is 0 Å². The zero-order valence-electron chi connectivity index (χ0n) is 11.1. The summed E-state index contributed by atoms with van der Waals surface area (Å²) in [6.07, 6.45) is 1.93. The van der Waals surface area contributed by atoms with Gasteiger partial charge >= 0.3 is 5.97 Å². The van der Waals surface area contributed by atoms with Gasteiger partial charge in [0.15, 0.2) is 0 Å². The average molecular weight is 336 g/mol. The quantitative estimate of drug-likeness (QED) is 0.864. The third-order valence-corrected chi connectivity index (χ3v) is 5.39. The minimum Gasteiger partial charge on any atom is -0.481 e. The summed E-state index contributed by atoms with van der Waals surface area (Å²) in [7, 11) is -4.02. The van der Waals surface area contributed by atoms with Gasteiger partial charge in [0.1, 0.15) is 10.7 Å². The molecule has 2 unspecified atom stereocenters. The maximum Gasteiger partial charge on any atom is 0.306 e. The maximum atomic E-state index is 13.7. The predicted octanol–water partition coefficient (Wildman–Crippen LogP) is 2.26. The summed E-state index contributed by atoms with van der Waals surface area (Å²) in [6, 6.07) is 3.30. The number of carboxylic acids is 1. The van der Waals surface area contributed by atoms with E-state index < -0.39 is 32.6 Å². The van der Waals surface area contributed by atoms with Gasteiger partial charge in [0.2, 0.25) is 10.0 Å². The van der Waals surface area contributed by atoms with E-state index in [1.54, 1.807) is 0 Å². The first-order valence-corrected chi connectivity index (χ1v) is 8.35. The van der Waals surface area contributed by atoms with Crippen LogP contribution in [0.1, 0.15) is 19.3 Å². The minimum atomic E-state index is -4.02. The third kappa shape index (κ3) is 3.72. The van der Waals surface area contributed by atoms with E-state index in [1.165, 1.54) is 6.07 Å². The molecule has 0 spiro atoms. The molecular formula is C13H15ClFNO4S. The van der Waals surface area contributed by atoms with Gasteiger partial charge in [0, 0.05) is 11.6 Å². The van der Waals surface area contributed by atoms with Crippen molar-refractivity contribution < 1.29 is 22.7 Å². The Bertz CT molecular complexity index is 650. The summed E-state index contributed by atoms with van der Waals surface area (Å²) < 4.78 is 40.1. The lowest BCUT2D eigenvalue weighted by molar-refractivity contribution is -0.142. The number of nitrogens with one attached hydrogen (secondary N) is 1. The first kappa shape index (κ1) is 16.2. The Kier molecular flexibility index (Phi) is 4.85. The molecule has 0 amide bonds. The van der Waals surface area contributed by atoms with Crippen LogP contribution in [0.4, 0.5) is 4.39 Å². The molecule has 8 heteroatoms. The van der Waals surface area contributed by atoms with Crippen molar-refractivity contribution in [2.75, 3.05) is 6.54 Å². The van der Waals surface area contributed by atoms with Crippen LogP contribution in [-0.4, -0.2) is 26.0 Å². The second-order valence-corrected chi connectivity index (χ2v) is 7.23. The molecule has 1 fully saturated rings. The maximum absolute atomic E-state index is 13.7. The van der Waals surface area contributed by atoms with Crippen LogP contribution in [0.2, 0.25) is 5.02 Å². The number of carboxylic acid groups (broad SMARTS) is 1. The van der Waals surface area contributed by atoms with E-state index in [4.69, 9.17) is 16.7 Å². The van der Waals surface area contributed by atoms with E-state index in [0.29, 0.717) is 12.8 Å². The second-order valence-electron chi connectivity index (χ2n) is 5.06. The van der Waals surface area contributed by atoms with E-state index in [2.05, 4.69) is 4.72 Å². The van der Waals surface area contributed by atoms with Crippen molar-refractivity contribution >= 4 is 27.6 Å². The molecule has 1 aromatic carbocycles. The summed E-state index contributed by atoms with van der Waals surface area (Å²) in [5.41, 5.74) is 0. The monoisotopic (exact) mass is 335 g/mol. The number of carbonyl (C=O) groups is 1. The van der Waals surface area contributed by atoms with Gasteiger partial charge < -0.3 is 5.11 Å².